The van der Waals surface area contributed by atoms with E-state index in [1.54, 1.807) is 31.3 Å². The summed E-state index contributed by atoms with van der Waals surface area (Å²) in [6.45, 7) is 3.86. The molecule has 1 aromatic heterocycles. The second kappa shape index (κ2) is 9.80. The fraction of sp³-hybridized carbons (Fsp3) is 0.400. The maximum Gasteiger partial charge on any atom is 0.246 e. The fourth-order valence-corrected chi connectivity index (χ4v) is 4.25. The SMILES string of the molecule is C[C@H](C(=O)Nc1cccc(F)c1)N(C)C1=NC(C)(c2cc(OCCO)ccn2)NC2=C1CCC2. The van der Waals surface area contributed by atoms with Crippen LogP contribution in [0.3, 0.4) is 0 Å². The number of nitrogens with zero attached hydrogens (tertiary/aromatic N) is 3. The van der Waals surface area contributed by atoms with Crippen molar-refractivity contribution in [1.29, 1.82) is 0 Å². The van der Waals surface area contributed by atoms with Gasteiger partial charge in [-0.3, -0.25) is 9.78 Å². The molecule has 0 bridgehead atoms. The van der Waals surface area contributed by atoms with E-state index in [0.29, 0.717) is 17.1 Å². The number of amides is 1. The minimum absolute atomic E-state index is 0.0773. The number of allylic oxidation sites excluding steroid dienone is 1. The van der Waals surface area contributed by atoms with Gasteiger partial charge in [-0.05, 0) is 57.4 Å². The molecule has 3 N–H and O–H groups in total. The van der Waals surface area contributed by atoms with Crippen LogP contribution < -0.4 is 15.4 Å². The van der Waals surface area contributed by atoms with E-state index in [1.165, 1.54) is 12.1 Å². The van der Waals surface area contributed by atoms with E-state index in [0.717, 1.165) is 36.4 Å². The number of halogens is 1. The number of anilines is 1. The third-order valence-corrected chi connectivity index (χ3v) is 6.19. The number of aliphatic hydroxyl groups is 1. The Hall–Kier alpha value is -3.46. The molecule has 1 amide bonds. The number of hydrogen-bond acceptors (Lipinski definition) is 7. The van der Waals surface area contributed by atoms with E-state index in [2.05, 4.69) is 15.6 Å². The quantitative estimate of drug-likeness (QED) is 0.579. The van der Waals surface area contributed by atoms with Crippen molar-refractivity contribution in [2.75, 3.05) is 25.6 Å². The number of pyridine rings is 1. The molecule has 2 aromatic rings. The highest BCUT2D eigenvalue weighted by Crippen LogP contribution is 2.37. The maximum absolute atomic E-state index is 13.5. The lowest BCUT2D eigenvalue weighted by Gasteiger charge is -2.38. The number of benzene rings is 1. The standard InChI is InChI=1S/C25H30FN5O3/c1-16(24(33)28-18-7-4-6-17(26)14-18)31(3)23-20-8-5-9-21(20)29-25(2,30-23)22-15-19(10-11-27-22)34-13-12-32/h4,6-7,10-11,14-16,29,32H,5,8-9,12-13H2,1-3H3,(H,28,33)/t16-,25?/m1/s1. The van der Waals surface area contributed by atoms with E-state index >= 15 is 0 Å². The molecule has 0 radical (unpaired) electrons. The van der Waals surface area contributed by atoms with Gasteiger partial charge in [0.2, 0.25) is 5.91 Å². The van der Waals surface area contributed by atoms with Crippen molar-refractivity contribution in [3.8, 4) is 5.75 Å². The first-order valence-electron chi connectivity index (χ1n) is 11.4. The number of carbonyl (C=O) groups is 1. The number of likely N-dealkylation sites (N-methyl/N-ethyl adjacent to an activating group) is 1. The highest BCUT2D eigenvalue weighted by Gasteiger charge is 2.39. The third kappa shape index (κ3) is 4.89. The van der Waals surface area contributed by atoms with Gasteiger partial charge in [0.1, 0.15) is 30.1 Å². The number of aromatic nitrogens is 1. The molecule has 4 rings (SSSR count). The Morgan fingerprint density at radius 2 is 2.18 bits per heavy atom. The molecule has 0 spiro atoms. The second-order valence-electron chi connectivity index (χ2n) is 8.68. The molecule has 2 aliphatic rings. The van der Waals surface area contributed by atoms with Crippen LogP contribution in [0.1, 0.15) is 38.8 Å². The highest BCUT2D eigenvalue weighted by atomic mass is 19.1. The first-order valence-corrected chi connectivity index (χ1v) is 11.4. The van der Waals surface area contributed by atoms with Crippen molar-refractivity contribution in [2.45, 2.75) is 44.8 Å². The highest BCUT2D eigenvalue weighted by molar-refractivity contribution is 6.04. The number of hydrogen-bond donors (Lipinski definition) is 3. The summed E-state index contributed by atoms with van der Waals surface area (Å²) in [5.41, 5.74) is 2.42. The van der Waals surface area contributed by atoms with E-state index in [1.807, 2.05) is 24.9 Å². The Morgan fingerprint density at radius 3 is 2.94 bits per heavy atom. The molecule has 0 saturated heterocycles. The predicted molar refractivity (Wildman–Crippen MR) is 128 cm³/mol. The van der Waals surface area contributed by atoms with Crippen LogP contribution in [0.25, 0.3) is 0 Å². The molecular weight excluding hydrogens is 437 g/mol. The molecule has 1 aliphatic carbocycles. The molecule has 8 nitrogen and oxygen atoms in total. The normalized spacial score (nSPS) is 20.2. The summed E-state index contributed by atoms with van der Waals surface area (Å²) < 4.78 is 19.1. The number of nitrogens with one attached hydrogen (secondary N) is 2. The van der Waals surface area contributed by atoms with Crippen molar-refractivity contribution < 1.29 is 19.0 Å². The van der Waals surface area contributed by atoms with Crippen LogP contribution in [0.2, 0.25) is 0 Å². The number of ether oxygens (including phenoxy) is 1. The molecule has 1 unspecified atom stereocenters. The summed E-state index contributed by atoms with van der Waals surface area (Å²) in [7, 11) is 1.84. The fourth-order valence-electron chi connectivity index (χ4n) is 4.25. The van der Waals surface area contributed by atoms with Crippen LogP contribution in [0.5, 0.6) is 5.75 Å². The molecule has 2 atom stereocenters. The zero-order valence-corrected chi connectivity index (χ0v) is 19.6. The largest absolute Gasteiger partial charge is 0.491 e. The Balaban J connectivity index is 1.61. The van der Waals surface area contributed by atoms with Gasteiger partial charge in [0.05, 0.1) is 12.3 Å². The van der Waals surface area contributed by atoms with Gasteiger partial charge < -0.3 is 25.4 Å². The zero-order valence-electron chi connectivity index (χ0n) is 19.6. The van der Waals surface area contributed by atoms with Crippen molar-refractivity contribution in [2.24, 2.45) is 4.99 Å². The van der Waals surface area contributed by atoms with Crippen LogP contribution in [-0.4, -0.2) is 53.0 Å². The number of aliphatic imine (C=N–C) groups is 1. The molecule has 9 heteroatoms. The van der Waals surface area contributed by atoms with Crippen LogP contribution in [-0.2, 0) is 10.5 Å². The van der Waals surface area contributed by atoms with Gasteiger partial charge in [-0.2, -0.15) is 0 Å². The Morgan fingerprint density at radius 1 is 1.35 bits per heavy atom. The van der Waals surface area contributed by atoms with Crippen molar-refractivity contribution in [3.05, 3.63) is 65.4 Å². The molecule has 180 valence electrons. The van der Waals surface area contributed by atoms with Crippen LogP contribution in [0.4, 0.5) is 10.1 Å². The molecular formula is C25H30FN5O3. The lowest BCUT2D eigenvalue weighted by atomic mass is 10.0. The monoisotopic (exact) mass is 467 g/mol. The average molecular weight is 468 g/mol. The van der Waals surface area contributed by atoms with Crippen LogP contribution in [0, 0.1) is 5.82 Å². The number of carbonyl (C=O) groups excluding carboxylic acids is 1. The summed E-state index contributed by atoms with van der Waals surface area (Å²) in [5, 5.41) is 15.4. The molecule has 2 heterocycles. The van der Waals surface area contributed by atoms with Crippen molar-refractivity contribution in [3.63, 3.8) is 0 Å². The molecule has 0 saturated carbocycles. The summed E-state index contributed by atoms with van der Waals surface area (Å²) in [6, 6.07) is 8.84. The number of aliphatic hydroxyl groups excluding tert-OH is 1. The van der Waals surface area contributed by atoms with Gasteiger partial charge in [0, 0.05) is 36.3 Å². The molecule has 1 aliphatic heterocycles. The minimum atomic E-state index is -0.857. The van der Waals surface area contributed by atoms with Gasteiger partial charge in [0.15, 0.2) is 5.66 Å². The first-order chi connectivity index (χ1) is 16.3. The molecule has 0 fully saturated rings. The minimum Gasteiger partial charge on any atom is -0.491 e. The van der Waals surface area contributed by atoms with Gasteiger partial charge in [-0.25, -0.2) is 9.38 Å². The Kier molecular flexibility index (Phi) is 6.83. The van der Waals surface area contributed by atoms with Gasteiger partial charge >= 0.3 is 0 Å². The summed E-state index contributed by atoms with van der Waals surface area (Å²) in [5.74, 6) is 0.671. The van der Waals surface area contributed by atoms with Crippen LogP contribution in [0.15, 0.2) is 58.9 Å². The third-order valence-electron chi connectivity index (χ3n) is 6.19. The lowest BCUT2D eigenvalue weighted by Crippen LogP contribution is -2.49. The predicted octanol–water partition coefficient (Wildman–Crippen LogP) is 3.16. The summed E-state index contributed by atoms with van der Waals surface area (Å²) in [4.78, 5) is 24.4. The topological polar surface area (TPSA) is 99.1 Å². The van der Waals surface area contributed by atoms with E-state index in [9.17, 15) is 9.18 Å². The Bertz CT molecular complexity index is 1140. The molecule has 34 heavy (non-hydrogen) atoms. The van der Waals surface area contributed by atoms with Crippen LogP contribution >= 0.6 is 0 Å². The van der Waals surface area contributed by atoms with E-state index in [-0.39, 0.29) is 19.1 Å². The van der Waals surface area contributed by atoms with E-state index in [4.69, 9.17) is 14.8 Å². The average Bonchev–Trinajstić information content (AvgIpc) is 3.29. The maximum atomic E-state index is 13.5. The smallest absolute Gasteiger partial charge is 0.246 e. The van der Waals surface area contributed by atoms with Gasteiger partial charge in [0.25, 0.3) is 0 Å². The van der Waals surface area contributed by atoms with Crippen molar-refractivity contribution >= 4 is 17.4 Å². The second-order valence-corrected chi connectivity index (χ2v) is 8.68. The zero-order chi connectivity index (χ0) is 24.3. The van der Waals surface area contributed by atoms with Gasteiger partial charge in [-0.15, -0.1) is 0 Å². The van der Waals surface area contributed by atoms with E-state index < -0.39 is 17.5 Å². The summed E-state index contributed by atoms with van der Waals surface area (Å²) >= 11 is 0. The van der Waals surface area contributed by atoms with Crippen molar-refractivity contribution in [1.82, 2.24) is 15.2 Å². The first kappa shape index (κ1) is 23.7. The number of amidine groups is 1. The Labute approximate surface area is 198 Å². The summed E-state index contributed by atoms with van der Waals surface area (Å²) in [6.07, 6.45) is 4.41. The lowest BCUT2D eigenvalue weighted by molar-refractivity contribution is -0.119. The molecule has 1 aromatic carbocycles. The van der Waals surface area contributed by atoms with Gasteiger partial charge in [-0.1, -0.05) is 6.07 Å². The number of rotatable bonds is 7.